The third kappa shape index (κ3) is 6.31. The number of aromatic hydroxyl groups is 1. The van der Waals surface area contributed by atoms with Gasteiger partial charge in [0.05, 0.1) is 37.6 Å². The molecule has 10 rings (SSSR count). The number of nitrogens with zero attached hydrogens (tertiary/aromatic N) is 3. The first-order chi connectivity index (χ1) is 29.5. The number of phenols is 1. The van der Waals surface area contributed by atoms with Crippen LogP contribution in [0.3, 0.4) is 0 Å². The Hall–Kier alpha value is -5.41. The van der Waals surface area contributed by atoms with Crippen molar-refractivity contribution in [3.63, 3.8) is 0 Å². The number of likely N-dealkylation sites (N-methyl/N-ethyl adjacent to an activating group) is 1. The Kier molecular flexibility index (Phi) is 10.2. The minimum Gasteiger partial charge on any atom is -0.504 e. The van der Waals surface area contributed by atoms with E-state index in [2.05, 4.69) is 21.2 Å². The van der Waals surface area contributed by atoms with Crippen molar-refractivity contribution in [3.05, 3.63) is 62.7 Å². The summed E-state index contributed by atoms with van der Waals surface area (Å²) in [6.45, 7) is 10.3. The number of thioether (sulfide) groups is 1. The molecule has 2 fully saturated rings. The van der Waals surface area contributed by atoms with Gasteiger partial charge in [-0.25, -0.2) is 9.59 Å². The lowest BCUT2D eigenvalue weighted by Gasteiger charge is -2.62. The standard InChI is InChI=1S/C45H50N4O12S/c1-20-12-24-13-26-27(16-46)49-28-17-56-42(52)45(25-15-29(54-8)30(14-23(25)10-11-47-45)60-43(53)61-44(4,5)6)18-62-41(35(49)34(48(26)7)31(24)36(51)37(20)55-9)33-32(28)40-39(57-19-58-40)21(2)38(33)59-22(3)50/h12,14-15,26-28,34-35,41,47,51H,10-11,13,17-19H2,1-9H3/t26-,27-,28-,34+,35?,41+,45+/m0/s1. The number of piperazine rings is 1. The van der Waals surface area contributed by atoms with Crippen LogP contribution in [0.4, 0.5) is 4.79 Å². The summed E-state index contributed by atoms with van der Waals surface area (Å²) in [6.07, 6.45) is 0.0593. The van der Waals surface area contributed by atoms with Crippen LogP contribution in [0.25, 0.3) is 0 Å². The fourth-order valence-corrected chi connectivity index (χ4v) is 12.3. The Morgan fingerprint density at radius 2 is 1.76 bits per heavy atom. The maximum atomic E-state index is 15.0. The molecule has 7 aliphatic heterocycles. The first-order valence-corrected chi connectivity index (χ1v) is 21.7. The maximum Gasteiger partial charge on any atom is 0.514 e. The number of nitrogens with one attached hydrogen (secondary N) is 1. The number of methoxy groups -OCH3 is 2. The molecule has 0 amide bonds. The van der Waals surface area contributed by atoms with Crippen LogP contribution < -0.4 is 33.7 Å². The zero-order valence-corrected chi connectivity index (χ0v) is 36.9. The first-order valence-electron chi connectivity index (χ1n) is 20.6. The molecule has 0 aliphatic carbocycles. The Morgan fingerprint density at radius 3 is 2.45 bits per heavy atom. The molecule has 2 N–H and O–H groups in total. The topological polar surface area (TPSA) is 188 Å². The summed E-state index contributed by atoms with van der Waals surface area (Å²) in [5, 5.41) is 26.3. The van der Waals surface area contributed by atoms with Gasteiger partial charge in [0, 0.05) is 53.6 Å². The van der Waals surface area contributed by atoms with Gasteiger partial charge in [-0.05, 0) is 88.9 Å². The summed E-state index contributed by atoms with van der Waals surface area (Å²) < 4.78 is 47.6. The van der Waals surface area contributed by atoms with E-state index < -0.39 is 58.7 Å². The SMILES string of the molecule is COc1cc2c(cc1OC(=O)OC(C)(C)C)CCN[C@]21CS[C@@H]2c3c(OC(C)=O)c(C)c4c(c3[C@H](COC1=O)N1C2[C@H]2c3c(cc(C)c(OC)c3O)C[C@@H]([C@@H]1C#N)N2C)OCO4. The molecule has 17 heteroatoms. The van der Waals surface area contributed by atoms with Gasteiger partial charge in [-0.2, -0.15) is 5.26 Å². The summed E-state index contributed by atoms with van der Waals surface area (Å²) in [6, 6.07) is 5.15. The predicted molar refractivity (Wildman–Crippen MR) is 223 cm³/mol. The lowest BCUT2D eigenvalue weighted by Crippen LogP contribution is -2.69. The van der Waals surface area contributed by atoms with E-state index in [0.717, 1.165) is 16.7 Å². The third-order valence-corrected chi connectivity index (χ3v) is 14.5. The summed E-state index contributed by atoms with van der Waals surface area (Å²) in [5.41, 5.74) is 3.30. The van der Waals surface area contributed by atoms with E-state index in [1.165, 1.54) is 32.9 Å². The molecule has 2 saturated heterocycles. The van der Waals surface area contributed by atoms with Crippen molar-refractivity contribution in [2.45, 2.75) is 101 Å². The zero-order chi connectivity index (χ0) is 44.2. The van der Waals surface area contributed by atoms with Gasteiger partial charge in [0.15, 0.2) is 40.0 Å². The summed E-state index contributed by atoms with van der Waals surface area (Å²) in [7, 11) is 4.96. The van der Waals surface area contributed by atoms with Crippen LogP contribution in [-0.4, -0.2) is 104 Å². The Bertz CT molecular complexity index is 2460. The van der Waals surface area contributed by atoms with E-state index in [-0.39, 0.29) is 42.4 Å². The number of carbonyl (C=O) groups excluding carboxylic acids is 3. The van der Waals surface area contributed by atoms with Gasteiger partial charge >= 0.3 is 18.1 Å². The molecule has 7 atom stereocenters. The molecule has 62 heavy (non-hydrogen) atoms. The molecule has 0 aromatic heterocycles. The van der Waals surface area contributed by atoms with E-state index in [1.807, 2.05) is 27.0 Å². The summed E-state index contributed by atoms with van der Waals surface area (Å²) in [4.78, 5) is 45.3. The average Bonchev–Trinajstić information content (AvgIpc) is 3.70. The predicted octanol–water partition coefficient (Wildman–Crippen LogP) is 5.60. The Morgan fingerprint density at radius 1 is 1.00 bits per heavy atom. The fraction of sp³-hybridized carbons (Fsp3) is 0.511. The lowest BCUT2D eigenvalue weighted by atomic mass is 9.71. The highest BCUT2D eigenvalue weighted by Crippen LogP contribution is 2.64. The zero-order valence-electron chi connectivity index (χ0n) is 36.1. The third-order valence-electron chi connectivity index (χ3n) is 13.0. The molecule has 0 radical (unpaired) electrons. The van der Waals surface area contributed by atoms with Crippen molar-refractivity contribution >= 4 is 29.9 Å². The minimum atomic E-state index is -1.45. The second-order valence-corrected chi connectivity index (χ2v) is 18.8. The van der Waals surface area contributed by atoms with Crippen LogP contribution in [0.5, 0.6) is 40.2 Å². The molecule has 3 aromatic carbocycles. The van der Waals surface area contributed by atoms with Gasteiger partial charge in [0.2, 0.25) is 6.79 Å². The molecule has 4 bridgehead atoms. The van der Waals surface area contributed by atoms with Crippen LogP contribution in [-0.2, 0) is 37.4 Å². The monoisotopic (exact) mass is 870 g/mol. The normalized spacial score (nSPS) is 27.1. The summed E-state index contributed by atoms with van der Waals surface area (Å²) in [5.74, 6) is 0.906. The molecule has 7 heterocycles. The number of ether oxygens (including phenoxy) is 8. The van der Waals surface area contributed by atoms with Gasteiger partial charge in [-0.15, -0.1) is 11.8 Å². The van der Waals surface area contributed by atoms with Gasteiger partial charge in [0.1, 0.15) is 24.0 Å². The molecule has 16 nitrogen and oxygen atoms in total. The number of phenolic OH excluding ortho intramolecular Hbond substituents is 1. The van der Waals surface area contributed by atoms with E-state index in [0.29, 0.717) is 70.2 Å². The number of rotatable bonds is 4. The summed E-state index contributed by atoms with van der Waals surface area (Å²) >= 11 is 1.45. The molecular formula is C45H50N4O12S. The van der Waals surface area contributed by atoms with Crippen molar-refractivity contribution in [2.24, 2.45) is 0 Å². The fourth-order valence-electron chi connectivity index (χ4n) is 10.6. The van der Waals surface area contributed by atoms with Gasteiger partial charge < -0.3 is 43.0 Å². The maximum absolute atomic E-state index is 15.0. The number of fused-ring (bicyclic) bond motifs is 9. The van der Waals surface area contributed by atoms with Crippen molar-refractivity contribution in [3.8, 4) is 46.3 Å². The highest BCUT2D eigenvalue weighted by Gasteiger charge is 2.62. The molecule has 0 saturated carbocycles. The van der Waals surface area contributed by atoms with Gasteiger partial charge in [0.25, 0.3) is 0 Å². The van der Waals surface area contributed by atoms with E-state index in [9.17, 15) is 20.0 Å². The number of hydrogen-bond donors (Lipinski definition) is 2. The second kappa shape index (κ2) is 15.1. The van der Waals surface area contributed by atoms with Crippen LogP contribution >= 0.6 is 11.8 Å². The second-order valence-electron chi connectivity index (χ2n) is 17.6. The minimum absolute atomic E-state index is 0.0238. The van der Waals surface area contributed by atoms with Crippen LogP contribution in [0, 0.1) is 25.2 Å². The molecule has 328 valence electrons. The largest absolute Gasteiger partial charge is 0.514 e. The number of nitriles is 1. The van der Waals surface area contributed by atoms with E-state index in [1.54, 1.807) is 32.9 Å². The van der Waals surface area contributed by atoms with Crippen LogP contribution in [0.2, 0.25) is 0 Å². The molecule has 1 spiro atoms. The van der Waals surface area contributed by atoms with Crippen molar-refractivity contribution in [2.75, 3.05) is 47.0 Å². The smallest absolute Gasteiger partial charge is 0.504 e. The number of hydrogen-bond acceptors (Lipinski definition) is 17. The molecule has 1 unspecified atom stereocenters. The number of carbonyl (C=O) groups is 3. The average molecular weight is 871 g/mol. The number of benzene rings is 3. The van der Waals surface area contributed by atoms with Crippen LogP contribution in [0.1, 0.15) is 89.5 Å². The highest BCUT2D eigenvalue weighted by molar-refractivity contribution is 7.99. The highest BCUT2D eigenvalue weighted by atomic mass is 32.2. The molecule has 3 aromatic rings. The van der Waals surface area contributed by atoms with Crippen molar-refractivity contribution in [1.29, 1.82) is 5.26 Å². The molecular weight excluding hydrogens is 821 g/mol. The Labute approximate surface area is 363 Å². The van der Waals surface area contributed by atoms with E-state index in [4.69, 9.17) is 37.9 Å². The number of aryl methyl sites for hydroxylation is 1. The van der Waals surface area contributed by atoms with Crippen molar-refractivity contribution in [1.82, 2.24) is 15.1 Å². The van der Waals surface area contributed by atoms with Crippen molar-refractivity contribution < 1.29 is 57.4 Å². The lowest BCUT2D eigenvalue weighted by molar-refractivity contribution is -0.157. The van der Waals surface area contributed by atoms with E-state index >= 15 is 4.79 Å². The quantitative estimate of drug-likeness (QED) is 0.187. The Balaban J connectivity index is 1.27. The van der Waals surface area contributed by atoms with Crippen LogP contribution in [0.15, 0.2) is 18.2 Å². The molecule has 7 aliphatic rings. The first kappa shape index (κ1) is 41.9. The van der Waals surface area contributed by atoms with Gasteiger partial charge in [-0.1, -0.05) is 6.07 Å². The number of esters is 2. The van der Waals surface area contributed by atoms with Gasteiger partial charge in [-0.3, -0.25) is 19.9 Å².